The highest BCUT2D eigenvalue weighted by molar-refractivity contribution is 5.78. The van der Waals surface area contributed by atoms with Crippen LogP contribution in [0.1, 0.15) is 26.7 Å². The second kappa shape index (κ2) is 3.27. The number of carboxylic acid groups (broad SMARTS) is 1. The van der Waals surface area contributed by atoms with E-state index in [1.165, 1.54) is 0 Å². The number of aliphatic carboxylic acids is 1. The maximum absolute atomic E-state index is 10.9. The molecule has 1 saturated heterocycles. The number of rotatable bonds is 1. The van der Waals surface area contributed by atoms with Gasteiger partial charge in [-0.15, -0.1) is 0 Å². The summed E-state index contributed by atoms with van der Waals surface area (Å²) in [5.74, 6) is -0.876. The molecule has 0 radical (unpaired) electrons. The Morgan fingerprint density at radius 3 is 2.15 bits per heavy atom. The summed E-state index contributed by atoms with van der Waals surface area (Å²) in [6.45, 7) is 4.03. The lowest BCUT2D eigenvalue weighted by molar-refractivity contribution is -0.146. The van der Waals surface area contributed by atoms with Gasteiger partial charge in [0.2, 0.25) is 0 Å². The van der Waals surface area contributed by atoms with Crippen molar-refractivity contribution in [1.82, 2.24) is 4.90 Å². The third kappa shape index (κ3) is 1.84. The van der Waals surface area contributed by atoms with Crippen LogP contribution in [0.4, 0.5) is 0 Å². The number of likely N-dealkylation sites (tertiary alicyclic amines) is 1. The fourth-order valence-corrected chi connectivity index (χ4v) is 2.03. The Labute approximate surface area is 78.7 Å². The summed E-state index contributed by atoms with van der Waals surface area (Å²) in [5, 5.41) is 8.98. The van der Waals surface area contributed by atoms with E-state index >= 15 is 0 Å². The van der Waals surface area contributed by atoms with Gasteiger partial charge in [-0.05, 0) is 33.7 Å². The molecule has 0 spiro atoms. The van der Waals surface area contributed by atoms with E-state index in [2.05, 4.69) is 4.90 Å². The van der Waals surface area contributed by atoms with Crippen molar-refractivity contribution in [2.45, 2.75) is 44.3 Å². The summed E-state index contributed by atoms with van der Waals surface area (Å²) < 4.78 is 0. The van der Waals surface area contributed by atoms with Gasteiger partial charge in [0.05, 0.1) is 0 Å². The van der Waals surface area contributed by atoms with E-state index in [1.807, 2.05) is 20.9 Å². The van der Waals surface area contributed by atoms with E-state index in [1.54, 1.807) is 0 Å². The van der Waals surface area contributed by atoms with Gasteiger partial charge in [-0.2, -0.15) is 0 Å². The lowest BCUT2D eigenvalue weighted by atomic mass is 9.81. The van der Waals surface area contributed by atoms with Crippen LogP contribution in [0.5, 0.6) is 0 Å². The van der Waals surface area contributed by atoms with Gasteiger partial charge in [-0.3, -0.25) is 4.79 Å². The Balaban J connectivity index is 2.79. The Hall–Kier alpha value is -0.610. The number of nitrogens with two attached hydrogens (primary N) is 1. The van der Waals surface area contributed by atoms with Crippen LogP contribution in [-0.2, 0) is 4.79 Å². The van der Waals surface area contributed by atoms with Crippen molar-refractivity contribution >= 4 is 5.97 Å². The van der Waals surface area contributed by atoms with Crippen molar-refractivity contribution in [3.63, 3.8) is 0 Å². The average molecular weight is 186 g/mol. The van der Waals surface area contributed by atoms with Crippen LogP contribution >= 0.6 is 0 Å². The Morgan fingerprint density at radius 2 is 1.85 bits per heavy atom. The van der Waals surface area contributed by atoms with E-state index in [9.17, 15) is 4.79 Å². The van der Waals surface area contributed by atoms with Crippen LogP contribution in [0.25, 0.3) is 0 Å². The standard InChI is InChI=1S/C9H18N2O2/c1-6-4-9(10,8(12)13)5-7(2)11(6)3/h6-7H,4-5,10H2,1-3H3,(H,12,13)/t6-,7-/m1/s1. The number of carbonyl (C=O) groups is 1. The normalized spacial score (nSPS) is 41.8. The zero-order chi connectivity index (χ0) is 10.2. The van der Waals surface area contributed by atoms with Crippen LogP contribution in [-0.4, -0.2) is 40.6 Å². The predicted molar refractivity (Wildman–Crippen MR) is 50.5 cm³/mol. The van der Waals surface area contributed by atoms with Gasteiger partial charge in [0.15, 0.2) is 0 Å². The lowest BCUT2D eigenvalue weighted by Crippen LogP contribution is -2.60. The van der Waals surface area contributed by atoms with Crippen LogP contribution in [0.2, 0.25) is 0 Å². The molecule has 1 rings (SSSR count). The molecule has 76 valence electrons. The molecule has 4 heteroatoms. The van der Waals surface area contributed by atoms with Crippen molar-refractivity contribution in [3.05, 3.63) is 0 Å². The molecule has 13 heavy (non-hydrogen) atoms. The summed E-state index contributed by atoms with van der Waals surface area (Å²) in [4.78, 5) is 13.1. The Morgan fingerprint density at radius 1 is 1.46 bits per heavy atom. The molecule has 1 heterocycles. The van der Waals surface area contributed by atoms with E-state index in [0.717, 1.165) is 0 Å². The molecule has 3 N–H and O–H groups in total. The highest BCUT2D eigenvalue weighted by Crippen LogP contribution is 2.28. The molecule has 0 aliphatic carbocycles. The predicted octanol–water partition coefficient (Wildman–Crippen LogP) is 0.271. The van der Waals surface area contributed by atoms with Crippen LogP contribution in [0, 0.1) is 0 Å². The average Bonchev–Trinajstić information content (AvgIpc) is 2.00. The van der Waals surface area contributed by atoms with Crippen molar-refractivity contribution in [3.8, 4) is 0 Å². The first-order valence-electron chi connectivity index (χ1n) is 4.61. The van der Waals surface area contributed by atoms with E-state index < -0.39 is 11.5 Å². The second-order valence-electron chi connectivity index (χ2n) is 4.23. The van der Waals surface area contributed by atoms with Crippen LogP contribution in [0.3, 0.4) is 0 Å². The minimum atomic E-state index is -1.02. The molecule has 0 amide bonds. The topological polar surface area (TPSA) is 66.6 Å². The quantitative estimate of drug-likeness (QED) is 0.617. The van der Waals surface area contributed by atoms with Crippen LogP contribution in [0.15, 0.2) is 0 Å². The van der Waals surface area contributed by atoms with Gasteiger partial charge in [0.25, 0.3) is 0 Å². The largest absolute Gasteiger partial charge is 0.480 e. The van der Waals surface area contributed by atoms with Crippen molar-refractivity contribution in [2.24, 2.45) is 5.73 Å². The molecule has 4 nitrogen and oxygen atoms in total. The fourth-order valence-electron chi connectivity index (χ4n) is 2.03. The lowest BCUT2D eigenvalue weighted by Gasteiger charge is -2.43. The van der Waals surface area contributed by atoms with Gasteiger partial charge in [-0.1, -0.05) is 0 Å². The molecule has 1 fully saturated rings. The maximum atomic E-state index is 10.9. The highest BCUT2D eigenvalue weighted by Gasteiger charge is 2.42. The molecule has 0 aromatic carbocycles. The summed E-state index contributed by atoms with van der Waals surface area (Å²) in [6.07, 6.45) is 1.06. The van der Waals surface area contributed by atoms with Crippen molar-refractivity contribution < 1.29 is 9.90 Å². The molecular weight excluding hydrogens is 168 g/mol. The summed E-state index contributed by atoms with van der Waals surface area (Å²) >= 11 is 0. The molecule has 0 bridgehead atoms. The van der Waals surface area contributed by atoms with E-state index in [4.69, 9.17) is 10.8 Å². The number of hydrogen-bond acceptors (Lipinski definition) is 3. The first-order chi connectivity index (χ1) is 5.87. The molecule has 1 aliphatic heterocycles. The van der Waals surface area contributed by atoms with E-state index in [0.29, 0.717) is 12.8 Å². The summed E-state index contributed by atoms with van der Waals surface area (Å²) in [5.41, 5.74) is 4.80. The molecular formula is C9H18N2O2. The first kappa shape index (κ1) is 10.5. The number of carboxylic acids is 1. The third-order valence-electron chi connectivity index (χ3n) is 3.14. The zero-order valence-electron chi connectivity index (χ0n) is 8.45. The Bertz CT molecular complexity index is 206. The molecule has 2 atom stereocenters. The minimum Gasteiger partial charge on any atom is -0.480 e. The van der Waals surface area contributed by atoms with Gasteiger partial charge >= 0.3 is 5.97 Å². The minimum absolute atomic E-state index is 0.241. The molecule has 1 aliphatic rings. The fraction of sp³-hybridized carbons (Fsp3) is 0.889. The van der Waals surface area contributed by atoms with Gasteiger partial charge in [0.1, 0.15) is 5.54 Å². The third-order valence-corrected chi connectivity index (χ3v) is 3.14. The van der Waals surface area contributed by atoms with Crippen molar-refractivity contribution in [1.29, 1.82) is 0 Å². The molecule has 0 unspecified atom stereocenters. The first-order valence-corrected chi connectivity index (χ1v) is 4.61. The highest BCUT2D eigenvalue weighted by atomic mass is 16.4. The summed E-state index contributed by atoms with van der Waals surface area (Å²) in [6, 6.07) is 0.481. The molecule has 0 aromatic heterocycles. The van der Waals surface area contributed by atoms with E-state index in [-0.39, 0.29) is 12.1 Å². The maximum Gasteiger partial charge on any atom is 0.323 e. The summed E-state index contributed by atoms with van der Waals surface area (Å²) in [7, 11) is 2.01. The number of nitrogens with zero attached hydrogens (tertiary/aromatic N) is 1. The number of hydrogen-bond donors (Lipinski definition) is 2. The molecule has 0 saturated carbocycles. The van der Waals surface area contributed by atoms with Gasteiger partial charge in [0, 0.05) is 12.1 Å². The SMILES string of the molecule is C[C@@H]1CC(N)(C(=O)O)C[C@@H](C)N1C. The monoisotopic (exact) mass is 186 g/mol. The zero-order valence-corrected chi connectivity index (χ0v) is 8.45. The Kier molecular flexibility index (Phi) is 2.63. The van der Waals surface area contributed by atoms with Gasteiger partial charge < -0.3 is 15.7 Å². The smallest absolute Gasteiger partial charge is 0.323 e. The molecule has 0 aromatic rings. The number of piperidine rings is 1. The second-order valence-corrected chi connectivity index (χ2v) is 4.23. The van der Waals surface area contributed by atoms with Crippen LogP contribution < -0.4 is 5.73 Å². The van der Waals surface area contributed by atoms with Gasteiger partial charge in [-0.25, -0.2) is 0 Å². The van der Waals surface area contributed by atoms with Crippen molar-refractivity contribution in [2.75, 3.05) is 7.05 Å².